The number of carbonyl (C=O) groups is 1. The second kappa shape index (κ2) is 5.18. The van der Waals surface area contributed by atoms with Gasteiger partial charge in [0.1, 0.15) is 6.04 Å². The van der Waals surface area contributed by atoms with E-state index in [0.29, 0.717) is 0 Å². The Kier molecular flexibility index (Phi) is 3.90. The molecule has 78 valence electrons. The molecule has 1 rings (SSSR count). The minimum Gasteiger partial charge on any atom is -0.480 e. The molecular weight excluding hydrogens is 190 g/mol. The van der Waals surface area contributed by atoms with E-state index in [9.17, 15) is 4.79 Å². The first-order chi connectivity index (χ1) is 7.15. The minimum absolute atomic E-state index is 0.241. The van der Waals surface area contributed by atoms with Crippen molar-refractivity contribution in [3.05, 3.63) is 35.4 Å². The summed E-state index contributed by atoms with van der Waals surface area (Å²) < 4.78 is 0. The van der Waals surface area contributed by atoms with Crippen LogP contribution in [0.5, 0.6) is 0 Å². The molecule has 2 N–H and O–H groups in total. The summed E-state index contributed by atoms with van der Waals surface area (Å²) in [5.41, 5.74) is 1.75. The molecule has 1 atom stereocenters. The van der Waals surface area contributed by atoms with Crippen molar-refractivity contribution in [1.29, 1.82) is 0 Å². The van der Waals surface area contributed by atoms with E-state index in [0.717, 1.165) is 11.1 Å². The Bertz CT molecular complexity index is 393. The molecule has 1 unspecified atom stereocenters. The lowest BCUT2D eigenvalue weighted by Gasteiger charge is -2.13. The fraction of sp³-hybridized carbons (Fsp3) is 0.250. The van der Waals surface area contributed by atoms with Gasteiger partial charge >= 0.3 is 5.97 Å². The fourth-order valence-electron chi connectivity index (χ4n) is 1.36. The number of carboxylic acid groups (broad SMARTS) is 1. The molecule has 0 heterocycles. The second-order valence-corrected chi connectivity index (χ2v) is 3.27. The average molecular weight is 203 g/mol. The summed E-state index contributed by atoms with van der Waals surface area (Å²) in [7, 11) is 0. The van der Waals surface area contributed by atoms with E-state index in [1.165, 1.54) is 0 Å². The molecular formula is C12H13NO2. The Balaban J connectivity index is 2.89. The van der Waals surface area contributed by atoms with Gasteiger partial charge < -0.3 is 5.11 Å². The lowest BCUT2D eigenvalue weighted by molar-refractivity contribution is -0.139. The fourth-order valence-corrected chi connectivity index (χ4v) is 1.36. The first-order valence-electron chi connectivity index (χ1n) is 4.61. The highest BCUT2D eigenvalue weighted by molar-refractivity contribution is 5.75. The molecule has 0 aliphatic carbocycles. The van der Waals surface area contributed by atoms with Gasteiger partial charge in [-0.25, -0.2) is 0 Å². The normalized spacial score (nSPS) is 11.7. The van der Waals surface area contributed by atoms with E-state index in [2.05, 4.69) is 11.2 Å². The smallest absolute Gasteiger partial charge is 0.325 e. The summed E-state index contributed by atoms with van der Waals surface area (Å²) in [6, 6.07) is 6.63. The van der Waals surface area contributed by atoms with Crippen LogP contribution in [0.4, 0.5) is 0 Å². The highest BCUT2D eigenvalue weighted by atomic mass is 16.4. The van der Waals surface area contributed by atoms with Crippen LogP contribution >= 0.6 is 0 Å². The molecule has 15 heavy (non-hydrogen) atoms. The SMILES string of the molecule is C#CCNC(C(=O)O)c1cccc(C)c1. The number of rotatable bonds is 4. The van der Waals surface area contributed by atoms with Crippen LogP contribution in [0.2, 0.25) is 0 Å². The molecule has 3 heteroatoms. The van der Waals surface area contributed by atoms with Crippen LogP contribution in [0.3, 0.4) is 0 Å². The van der Waals surface area contributed by atoms with Gasteiger partial charge in [0.25, 0.3) is 0 Å². The third-order valence-corrected chi connectivity index (χ3v) is 2.03. The summed E-state index contributed by atoms with van der Waals surface area (Å²) in [5.74, 6) is 1.44. The zero-order valence-electron chi connectivity index (χ0n) is 8.53. The van der Waals surface area contributed by atoms with Crippen molar-refractivity contribution in [2.75, 3.05) is 6.54 Å². The standard InChI is InChI=1S/C12H13NO2/c1-3-7-13-11(12(14)15)10-6-4-5-9(2)8-10/h1,4-6,8,11,13H,7H2,2H3,(H,14,15). The maximum Gasteiger partial charge on any atom is 0.325 e. The van der Waals surface area contributed by atoms with E-state index in [-0.39, 0.29) is 6.54 Å². The van der Waals surface area contributed by atoms with Crippen LogP contribution in [0.1, 0.15) is 17.2 Å². The summed E-state index contributed by atoms with van der Waals surface area (Å²) in [5, 5.41) is 11.8. The van der Waals surface area contributed by atoms with E-state index in [4.69, 9.17) is 11.5 Å². The van der Waals surface area contributed by atoms with Crippen molar-refractivity contribution >= 4 is 5.97 Å². The van der Waals surface area contributed by atoms with Gasteiger partial charge in [0, 0.05) is 0 Å². The zero-order chi connectivity index (χ0) is 11.3. The number of hydrogen-bond donors (Lipinski definition) is 2. The second-order valence-electron chi connectivity index (χ2n) is 3.27. The minimum atomic E-state index is -0.921. The third-order valence-electron chi connectivity index (χ3n) is 2.03. The number of nitrogens with one attached hydrogen (secondary N) is 1. The molecule has 0 aromatic heterocycles. The van der Waals surface area contributed by atoms with Gasteiger partial charge in [-0.3, -0.25) is 10.1 Å². The first-order valence-corrected chi connectivity index (χ1v) is 4.61. The van der Waals surface area contributed by atoms with Gasteiger partial charge in [0.15, 0.2) is 0 Å². The summed E-state index contributed by atoms with van der Waals surface area (Å²) >= 11 is 0. The highest BCUT2D eigenvalue weighted by Gasteiger charge is 2.18. The Labute approximate surface area is 89.1 Å². The predicted molar refractivity (Wildman–Crippen MR) is 58.4 cm³/mol. The summed E-state index contributed by atoms with van der Waals surface area (Å²) in [6.07, 6.45) is 5.08. The van der Waals surface area contributed by atoms with Crippen LogP contribution < -0.4 is 5.32 Å². The Morgan fingerprint density at radius 2 is 2.40 bits per heavy atom. The van der Waals surface area contributed by atoms with Crippen LogP contribution in [0, 0.1) is 19.3 Å². The van der Waals surface area contributed by atoms with Crippen molar-refractivity contribution < 1.29 is 9.90 Å². The average Bonchev–Trinajstić information content (AvgIpc) is 2.18. The molecule has 0 aliphatic heterocycles. The third kappa shape index (κ3) is 3.12. The maximum absolute atomic E-state index is 11.0. The molecule has 0 bridgehead atoms. The molecule has 0 fully saturated rings. The number of aryl methyl sites for hydroxylation is 1. The Hall–Kier alpha value is -1.79. The van der Waals surface area contributed by atoms with Crippen molar-refractivity contribution in [1.82, 2.24) is 5.32 Å². The Morgan fingerprint density at radius 3 is 2.93 bits per heavy atom. The van der Waals surface area contributed by atoms with Crippen LogP contribution in [-0.4, -0.2) is 17.6 Å². The lowest BCUT2D eigenvalue weighted by Crippen LogP contribution is -2.28. The van der Waals surface area contributed by atoms with Crippen molar-refractivity contribution in [3.8, 4) is 12.3 Å². The van der Waals surface area contributed by atoms with Crippen molar-refractivity contribution in [3.63, 3.8) is 0 Å². The molecule has 0 aliphatic rings. The van der Waals surface area contributed by atoms with Gasteiger partial charge in [-0.05, 0) is 12.5 Å². The topological polar surface area (TPSA) is 49.3 Å². The number of aliphatic carboxylic acids is 1. The van der Waals surface area contributed by atoms with Crippen LogP contribution in [0.25, 0.3) is 0 Å². The van der Waals surface area contributed by atoms with Crippen LogP contribution in [0.15, 0.2) is 24.3 Å². The molecule has 3 nitrogen and oxygen atoms in total. The molecule has 0 saturated heterocycles. The first kappa shape index (κ1) is 11.3. The predicted octanol–water partition coefficient (Wildman–Crippen LogP) is 1.34. The summed E-state index contributed by atoms with van der Waals surface area (Å²) in [6.45, 7) is 2.16. The quantitative estimate of drug-likeness (QED) is 0.726. The molecule has 0 spiro atoms. The maximum atomic E-state index is 11.0. The van der Waals surface area contributed by atoms with Gasteiger partial charge in [0.2, 0.25) is 0 Å². The van der Waals surface area contributed by atoms with Gasteiger partial charge in [0.05, 0.1) is 6.54 Å². The summed E-state index contributed by atoms with van der Waals surface area (Å²) in [4.78, 5) is 11.0. The van der Waals surface area contributed by atoms with Gasteiger partial charge in [-0.1, -0.05) is 35.7 Å². The molecule has 1 aromatic carbocycles. The van der Waals surface area contributed by atoms with Gasteiger partial charge in [-0.15, -0.1) is 6.42 Å². The number of terminal acetylenes is 1. The largest absolute Gasteiger partial charge is 0.480 e. The molecule has 0 amide bonds. The molecule has 0 saturated carbocycles. The lowest BCUT2D eigenvalue weighted by atomic mass is 10.0. The van der Waals surface area contributed by atoms with Crippen molar-refractivity contribution in [2.24, 2.45) is 0 Å². The number of benzene rings is 1. The van der Waals surface area contributed by atoms with E-state index in [1.54, 1.807) is 6.07 Å². The number of hydrogen-bond acceptors (Lipinski definition) is 2. The zero-order valence-corrected chi connectivity index (χ0v) is 8.53. The number of carboxylic acids is 1. The van der Waals surface area contributed by atoms with Crippen molar-refractivity contribution in [2.45, 2.75) is 13.0 Å². The molecule has 1 aromatic rings. The Morgan fingerprint density at radius 1 is 1.67 bits per heavy atom. The van der Waals surface area contributed by atoms with Crippen LogP contribution in [-0.2, 0) is 4.79 Å². The van der Waals surface area contributed by atoms with E-state index >= 15 is 0 Å². The monoisotopic (exact) mass is 203 g/mol. The molecule has 0 radical (unpaired) electrons. The van der Waals surface area contributed by atoms with E-state index < -0.39 is 12.0 Å². The van der Waals surface area contributed by atoms with E-state index in [1.807, 2.05) is 25.1 Å². The highest BCUT2D eigenvalue weighted by Crippen LogP contribution is 2.14. The van der Waals surface area contributed by atoms with Gasteiger partial charge in [-0.2, -0.15) is 0 Å².